The number of nitrogens with zero attached hydrogens (tertiary/aromatic N) is 4. The maximum Gasteiger partial charge on any atom is 0.275 e. The molecule has 3 aromatic heterocycles. The third-order valence-corrected chi connectivity index (χ3v) is 6.22. The van der Waals surface area contributed by atoms with E-state index in [0.29, 0.717) is 9.49 Å². The van der Waals surface area contributed by atoms with Gasteiger partial charge in [-0.15, -0.1) is 0 Å². The van der Waals surface area contributed by atoms with Crippen LogP contribution in [-0.2, 0) is 0 Å². The molecule has 5 rings (SSSR count). The minimum atomic E-state index is -0.425. The lowest BCUT2D eigenvalue weighted by Gasteiger charge is -2.05. The molecule has 0 amide bonds. The van der Waals surface area contributed by atoms with Gasteiger partial charge >= 0.3 is 0 Å². The Morgan fingerprint density at radius 2 is 1.83 bits per heavy atom. The van der Waals surface area contributed by atoms with Gasteiger partial charge in [-0.1, -0.05) is 11.3 Å². The number of rotatable bonds is 3. The monoisotopic (exact) mass is 416 g/mol. The Bertz CT molecular complexity index is 1560. The Morgan fingerprint density at radius 1 is 1.10 bits per heavy atom. The Morgan fingerprint density at radius 3 is 2.57 bits per heavy atom. The van der Waals surface area contributed by atoms with Gasteiger partial charge in [0.1, 0.15) is 0 Å². The molecule has 0 radical (unpaired) electrons. The van der Waals surface area contributed by atoms with Crippen molar-refractivity contribution in [1.82, 2.24) is 14.0 Å². The molecule has 148 valence electrons. The van der Waals surface area contributed by atoms with Crippen molar-refractivity contribution in [1.29, 1.82) is 0 Å². The predicted octanol–water partition coefficient (Wildman–Crippen LogP) is 3.77. The van der Waals surface area contributed by atoms with E-state index in [9.17, 15) is 14.9 Å². The molecule has 30 heavy (non-hydrogen) atoms. The van der Waals surface area contributed by atoms with Crippen LogP contribution in [0.3, 0.4) is 0 Å². The predicted molar refractivity (Wildman–Crippen MR) is 118 cm³/mol. The lowest BCUT2D eigenvalue weighted by atomic mass is 10.1. The number of benzene rings is 2. The zero-order valence-electron chi connectivity index (χ0n) is 16.2. The second-order valence-electron chi connectivity index (χ2n) is 7.15. The van der Waals surface area contributed by atoms with Crippen molar-refractivity contribution in [2.24, 2.45) is 0 Å². The normalized spacial score (nSPS) is 12.3. The summed E-state index contributed by atoms with van der Waals surface area (Å²) in [5.41, 5.74) is 5.43. The van der Waals surface area contributed by atoms with Crippen molar-refractivity contribution in [2.45, 2.75) is 13.8 Å². The fourth-order valence-electron chi connectivity index (χ4n) is 3.53. The lowest BCUT2D eigenvalue weighted by molar-refractivity contribution is -0.384. The molecule has 0 aliphatic rings. The zero-order valence-corrected chi connectivity index (χ0v) is 17.0. The first kappa shape index (κ1) is 18.3. The first-order chi connectivity index (χ1) is 14.4. The van der Waals surface area contributed by atoms with Crippen molar-refractivity contribution < 1.29 is 4.92 Å². The van der Waals surface area contributed by atoms with Crippen LogP contribution >= 0.6 is 11.3 Å². The quantitative estimate of drug-likeness (QED) is 0.331. The molecule has 0 bridgehead atoms. The van der Waals surface area contributed by atoms with Crippen molar-refractivity contribution >= 4 is 39.1 Å². The average Bonchev–Trinajstić information content (AvgIpc) is 3.39. The van der Waals surface area contributed by atoms with Crippen LogP contribution < -0.4 is 10.1 Å². The molecule has 0 N–H and O–H groups in total. The fraction of sp³-hybridized carbons (Fsp3) is 0.0909. The van der Waals surface area contributed by atoms with E-state index in [4.69, 9.17) is 0 Å². The number of hydrogen-bond acceptors (Lipinski definition) is 5. The number of nitro groups is 1. The second kappa shape index (κ2) is 6.64. The van der Waals surface area contributed by atoms with Gasteiger partial charge in [-0.05, 0) is 67.4 Å². The van der Waals surface area contributed by atoms with E-state index in [1.54, 1.807) is 16.5 Å². The maximum atomic E-state index is 13.1. The number of aryl methyl sites for hydroxylation is 2. The molecular weight excluding hydrogens is 400 g/mol. The fourth-order valence-corrected chi connectivity index (χ4v) is 4.51. The molecule has 5 aromatic rings. The second-order valence-corrected chi connectivity index (χ2v) is 8.16. The van der Waals surface area contributed by atoms with E-state index in [1.165, 1.54) is 23.5 Å². The van der Waals surface area contributed by atoms with Crippen molar-refractivity contribution in [3.05, 3.63) is 96.5 Å². The summed E-state index contributed by atoms with van der Waals surface area (Å²) in [6.07, 6.45) is 3.69. The highest BCUT2D eigenvalue weighted by Gasteiger charge is 2.13. The molecular formula is C22H16N4O3S. The first-order valence-corrected chi connectivity index (χ1v) is 10.1. The Hall–Kier alpha value is -3.78. The number of nitro benzene ring substituents is 1. The van der Waals surface area contributed by atoms with Gasteiger partial charge < -0.3 is 4.57 Å². The molecule has 0 aliphatic carbocycles. The van der Waals surface area contributed by atoms with Gasteiger partial charge in [0.15, 0.2) is 4.96 Å². The van der Waals surface area contributed by atoms with Crippen molar-refractivity contribution in [2.75, 3.05) is 0 Å². The van der Waals surface area contributed by atoms with Gasteiger partial charge in [-0.25, -0.2) is 9.38 Å². The number of hydrogen-bond donors (Lipinski definition) is 0. The number of fused-ring (bicyclic) bond motifs is 3. The Balaban J connectivity index is 1.65. The van der Waals surface area contributed by atoms with Crippen LogP contribution in [0.1, 0.15) is 16.8 Å². The largest absolute Gasteiger partial charge is 0.317 e. The molecule has 0 aliphatic heterocycles. The number of thiazole rings is 1. The molecule has 0 unspecified atom stereocenters. The summed E-state index contributed by atoms with van der Waals surface area (Å²) in [6.45, 7) is 4.06. The SMILES string of the molecule is Cc1cc2nc3sc(=Cc4cccn4-c4ccc([N+](=O)[O-])cc4)c(=O)n3c2cc1C. The summed E-state index contributed by atoms with van der Waals surface area (Å²) >= 11 is 1.35. The molecule has 0 saturated carbocycles. The third-order valence-electron chi connectivity index (χ3n) is 5.25. The van der Waals surface area contributed by atoms with E-state index in [-0.39, 0.29) is 11.2 Å². The highest BCUT2D eigenvalue weighted by atomic mass is 32.1. The highest BCUT2D eigenvalue weighted by molar-refractivity contribution is 7.15. The van der Waals surface area contributed by atoms with Gasteiger partial charge in [0.25, 0.3) is 11.2 Å². The van der Waals surface area contributed by atoms with Crippen LogP contribution in [0.5, 0.6) is 0 Å². The lowest BCUT2D eigenvalue weighted by Crippen LogP contribution is -2.23. The van der Waals surface area contributed by atoms with E-state index in [2.05, 4.69) is 4.98 Å². The zero-order chi connectivity index (χ0) is 21.0. The Kier molecular flexibility index (Phi) is 4.04. The minimum Gasteiger partial charge on any atom is -0.317 e. The Labute approximate surface area is 174 Å². The van der Waals surface area contributed by atoms with E-state index >= 15 is 0 Å². The van der Waals surface area contributed by atoms with Crippen LogP contribution in [0.25, 0.3) is 27.8 Å². The van der Waals surface area contributed by atoms with Crippen LogP contribution in [-0.4, -0.2) is 18.9 Å². The summed E-state index contributed by atoms with van der Waals surface area (Å²) < 4.78 is 4.13. The minimum absolute atomic E-state index is 0.0372. The van der Waals surface area contributed by atoms with Gasteiger partial charge in [-0.3, -0.25) is 14.9 Å². The molecule has 0 atom stereocenters. The molecule has 0 saturated heterocycles. The van der Waals surface area contributed by atoms with Crippen LogP contribution in [0.15, 0.2) is 59.5 Å². The van der Waals surface area contributed by atoms with Gasteiger partial charge in [-0.2, -0.15) is 0 Å². The summed E-state index contributed by atoms with van der Waals surface area (Å²) in [5.74, 6) is 0. The summed E-state index contributed by atoms with van der Waals surface area (Å²) in [5, 5.41) is 10.9. The van der Waals surface area contributed by atoms with Gasteiger partial charge in [0.2, 0.25) is 0 Å². The molecule has 0 spiro atoms. The summed E-state index contributed by atoms with van der Waals surface area (Å²) in [6, 6.07) is 14.1. The van der Waals surface area contributed by atoms with Crippen molar-refractivity contribution in [3.63, 3.8) is 0 Å². The number of non-ortho nitro benzene ring substituents is 1. The van der Waals surface area contributed by atoms with Crippen LogP contribution in [0, 0.1) is 24.0 Å². The molecule has 0 fully saturated rings. The van der Waals surface area contributed by atoms with E-state index in [0.717, 1.165) is 33.5 Å². The molecule has 7 nitrogen and oxygen atoms in total. The van der Waals surface area contributed by atoms with Gasteiger partial charge in [0, 0.05) is 29.7 Å². The molecule has 8 heteroatoms. The topological polar surface area (TPSA) is 82.4 Å². The van der Waals surface area contributed by atoms with E-state index < -0.39 is 4.92 Å². The number of aromatic nitrogens is 3. The number of imidazole rings is 1. The summed E-state index contributed by atoms with van der Waals surface area (Å²) in [4.78, 5) is 28.9. The van der Waals surface area contributed by atoms with Crippen LogP contribution in [0.2, 0.25) is 0 Å². The average molecular weight is 416 g/mol. The van der Waals surface area contributed by atoms with Crippen molar-refractivity contribution in [3.8, 4) is 5.69 Å². The maximum absolute atomic E-state index is 13.1. The summed E-state index contributed by atoms with van der Waals surface area (Å²) in [7, 11) is 0. The van der Waals surface area contributed by atoms with E-state index in [1.807, 2.05) is 55.0 Å². The molecule has 2 aromatic carbocycles. The highest BCUT2D eigenvalue weighted by Crippen LogP contribution is 2.21. The smallest absolute Gasteiger partial charge is 0.275 e. The first-order valence-electron chi connectivity index (χ1n) is 9.28. The standard InChI is InChI=1S/C22H16N4O3S/c1-13-10-18-19(11-14(13)2)25-21(27)20(30-22(25)23-18)12-17-4-3-9-24(17)15-5-7-16(8-6-15)26(28)29/h3-12H,1-2H3. The van der Waals surface area contributed by atoms with Gasteiger partial charge in [0.05, 0.1) is 20.5 Å². The third kappa shape index (κ3) is 2.81. The van der Waals surface area contributed by atoms with Crippen LogP contribution in [0.4, 0.5) is 5.69 Å². The molecule has 3 heterocycles.